The standard InChI is InChI=1S/C13H23N3O/c1-4-13(5-2,6-3)15-12(17)10-16-8-7-11(14)9-16/h1,11H,5-10,14H2,2-3H3,(H,15,17)/t11-/m1/s1. The Kier molecular flexibility index (Phi) is 4.98. The van der Waals surface area contributed by atoms with Crippen LogP contribution < -0.4 is 11.1 Å². The molecule has 0 bridgehead atoms. The average molecular weight is 237 g/mol. The van der Waals surface area contributed by atoms with Crippen molar-refractivity contribution in [3.05, 3.63) is 0 Å². The third kappa shape index (κ3) is 3.72. The molecule has 0 aromatic rings. The molecule has 0 radical (unpaired) electrons. The first-order valence-electron chi connectivity index (χ1n) is 6.32. The molecule has 3 N–H and O–H groups in total. The van der Waals surface area contributed by atoms with Crippen LogP contribution in [0.4, 0.5) is 0 Å². The predicted octanol–water partition coefficient (Wildman–Crippen LogP) is 0.328. The van der Waals surface area contributed by atoms with E-state index in [1.807, 2.05) is 13.8 Å². The lowest BCUT2D eigenvalue weighted by atomic mass is 9.94. The molecule has 0 spiro atoms. The molecule has 96 valence electrons. The molecule has 1 rings (SSSR count). The lowest BCUT2D eigenvalue weighted by Gasteiger charge is -2.28. The number of nitrogens with one attached hydrogen (secondary N) is 1. The van der Waals surface area contributed by atoms with E-state index in [0.29, 0.717) is 6.54 Å². The Morgan fingerprint density at radius 1 is 1.59 bits per heavy atom. The molecule has 0 unspecified atom stereocenters. The number of hydrogen-bond acceptors (Lipinski definition) is 3. The molecule has 0 aromatic heterocycles. The van der Waals surface area contributed by atoms with Crippen molar-refractivity contribution in [1.29, 1.82) is 0 Å². The smallest absolute Gasteiger partial charge is 0.235 e. The van der Waals surface area contributed by atoms with Crippen molar-refractivity contribution in [2.45, 2.75) is 44.7 Å². The number of nitrogens with two attached hydrogens (primary N) is 1. The summed E-state index contributed by atoms with van der Waals surface area (Å²) in [6.45, 7) is 6.09. The van der Waals surface area contributed by atoms with Crippen LogP contribution in [0.2, 0.25) is 0 Å². The van der Waals surface area contributed by atoms with E-state index < -0.39 is 5.54 Å². The maximum absolute atomic E-state index is 11.9. The highest BCUT2D eigenvalue weighted by molar-refractivity contribution is 5.79. The van der Waals surface area contributed by atoms with Gasteiger partial charge in [0.25, 0.3) is 0 Å². The van der Waals surface area contributed by atoms with Crippen molar-refractivity contribution >= 4 is 5.91 Å². The van der Waals surface area contributed by atoms with Gasteiger partial charge >= 0.3 is 0 Å². The SMILES string of the molecule is C#CC(CC)(CC)NC(=O)CN1CC[C@@H](N)C1. The van der Waals surface area contributed by atoms with Crippen molar-refractivity contribution in [3.63, 3.8) is 0 Å². The number of carbonyl (C=O) groups excluding carboxylic acids is 1. The summed E-state index contributed by atoms with van der Waals surface area (Å²) in [7, 11) is 0. The van der Waals surface area contributed by atoms with Crippen LogP contribution in [-0.4, -0.2) is 42.0 Å². The van der Waals surface area contributed by atoms with Crippen molar-refractivity contribution < 1.29 is 4.79 Å². The van der Waals surface area contributed by atoms with Gasteiger partial charge in [0.05, 0.1) is 6.54 Å². The van der Waals surface area contributed by atoms with Crippen molar-refractivity contribution in [3.8, 4) is 12.3 Å². The second-order valence-electron chi connectivity index (χ2n) is 4.77. The van der Waals surface area contributed by atoms with Crippen molar-refractivity contribution in [2.24, 2.45) is 5.73 Å². The highest BCUT2D eigenvalue weighted by Crippen LogP contribution is 2.14. The Bertz CT molecular complexity index is 304. The molecule has 1 atom stereocenters. The summed E-state index contributed by atoms with van der Waals surface area (Å²) in [6.07, 6.45) is 7.99. The van der Waals surface area contributed by atoms with E-state index in [1.165, 1.54) is 0 Å². The molecule has 4 heteroatoms. The average Bonchev–Trinajstić information content (AvgIpc) is 2.72. The van der Waals surface area contributed by atoms with Gasteiger partial charge < -0.3 is 11.1 Å². The van der Waals surface area contributed by atoms with Gasteiger partial charge in [0.1, 0.15) is 5.54 Å². The van der Waals surface area contributed by atoms with Gasteiger partial charge in [0.15, 0.2) is 0 Å². The van der Waals surface area contributed by atoms with Crippen LogP contribution in [0, 0.1) is 12.3 Å². The summed E-state index contributed by atoms with van der Waals surface area (Å²) in [6, 6.07) is 0.206. The summed E-state index contributed by atoms with van der Waals surface area (Å²) >= 11 is 0. The monoisotopic (exact) mass is 237 g/mol. The molecule has 17 heavy (non-hydrogen) atoms. The molecule has 1 saturated heterocycles. The van der Waals surface area contributed by atoms with Gasteiger partial charge in [-0.05, 0) is 19.3 Å². The van der Waals surface area contributed by atoms with Gasteiger partial charge in [-0.25, -0.2) is 0 Å². The van der Waals surface area contributed by atoms with E-state index in [9.17, 15) is 4.79 Å². The Hall–Kier alpha value is -1.05. The summed E-state index contributed by atoms with van der Waals surface area (Å²) < 4.78 is 0. The van der Waals surface area contributed by atoms with Crippen molar-refractivity contribution in [1.82, 2.24) is 10.2 Å². The van der Waals surface area contributed by atoms with Gasteiger partial charge in [0.2, 0.25) is 5.91 Å². The molecule has 1 aliphatic heterocycles. The Morgan fingerprint density at radius 3 is 2.65 bits per heavy atom. The summed E-state index contributed by atoms with van der Waals surface area (Å²) in [5.74, 6) is 2.71. The van der Waals surface area contributed by atoms with Gasteiger partial charge in [0, 0.05) is 19.1 Å². The minimum absolute atomic E-state index is 0.000694. The van der Waals surface area contributed by atoms with Crippen LogP contribution >= 0.6 is 0 Å². The molecule has 0 aliphatic carbocycles. The summed E-state index contributed by atoms with van der Waals surface area (Å²) in [5.41, 5.74) is 5.31. The molecular formula is C13H23N3O. The zero-order valence-electron chi connectivity index (χ0n) is 10.8. The van der Waals surface area contributed by atoms with E-state index in [0.717, 1.165) is 32.4 Å². The fraction of sp³-hybridized carbons (Fsp3) is 0.769. The summed E-state index contributed by atoms with van der Waals surface area (Å²) in [5, 5.41) is 2.96. The number of amides is 1. The van der Waals surface area contributed by atoms with Gasteiger partial charge in [-0.2, -0.15) is 0 Å². The molecule has 0 aromatic carbocycles. The lowest BCUT2D eigenvalue weighted by molar-refractivity contribution is -0.123. The minimum atomic E-state index is -0.487. The first-order chi connectivity index (χ1) is 8.05. The second kappa shape index (κ2) is 6.04. The molecular weight excluding hydrogens is 214 g/mol. The molecule has 1 aliphatic rings. The minimum Gasteiger partial charge on any atom is -0.339 e. The first kappa shape index (κ1) is 14.0. The zero-order chi connectivity index (χ0) is 12.9. The molecule has 1 heterocycles. The lowest BCUT2D eigenvalue weighted by Crippen LogP contribution is -2.49. The van der Waals surface area contributed by atoms with Gasteiger partial charge in [-0.15, -0.1) is 6.42 Å². The second-order valence-corrected chi connectivity index (χ2v) is 4.77. The fourth-order valence-corrected chi connectivity index (χ4v) is 2.18. The molecule has 4 nitrogen and oxygen atoms in total. The summed E-state index contributed by atoms with van der Waals surface area (Å²) in [4.78, 5) is 14.0. The number of hydrogen-bond donors (Lipinski definition) is 2. The number of nitrogens with zero attached hydrogens (tertiary/aromatic N) is 1. The molecule has 0 saturated carbocycles. The van der Waals surface area contributed by atoms with Gasteiger partial charge in [-0.1, -0.05) is 19.8 Å². The fourth-order valence-electron chi connectivity index (χ4n) is 2.18. The molecule has 1 amide bonds. The third-order valence-corrected chi connectivity index (χ3v) is 3.54. The van der Waals surface area contributed by atoms with E-state index >= 15 is 0 Å². The maximum Gasteiger partial charge on any atom is 0.235 e. The maximum atomic E-state index is 11.9. The number of carbonyl (C=O) groups is 1. The Morgan fingerprint density at radius 2 is 2.24 bits per heavy atom. The van der Waals surface area contributed by atoms with Crippen molar-refractivity contribution in [2.75, 3.05) is 19.6 Å². The normalized spacial score (nSPS) is 21.2. The highest BCUT2D eigenvalue weighted by atomic mass is 16.2. The van der Waals surface area contributed by atoms with Crippen LogP contribution in [0.3, 0.4) is 0 Å². The predicted molar refractivity (Wildman–Crippen MR) is 69.3 cm³/mol. The van der Waals surface area contributed by atoms with Crippen LogP contribution in [0.15, 0.2) is 0 Å². The first-order valence-corrected chi connectivity index (χ1v) is 6.32. The number of rotatable bonds is 5. The van der Waals surface area contributed by atoms with Crippen LogP contribution in [0.5, 0.6) is 0 Å². The van der Waals surface area contributed by atoms with E-state index in [1.54, 1.807) is 0 Å². The Labute approximate surface area is 104 Å². The van der Waals surface area contributed by atoms with Crippen LogP contribution in [0.25, 0.3) is 0 Å². The zero-order valence-corrected chi connectivity index (χ0v) is 10.8. The third-order valence-electron chi connectivity index (χ3n) is 3.54. The number of terminal acetylenes is 1. The number of likely N-dealkylation sites (tertiary alicyclic amines) is 1. The largest absolute Gasteiger partial charge is 0.339 e. The quantitative estimate of drug-likeness (QED) is 0.677. The van der Waals surface area contributed by atoms with Crippen LogP contribution in [0.1, 0.15) is 33.1 Å². The van der Waals surface area contributed by atoms with Crippen LogP contribution in [-0.2, 0) is 4.79 Å². The highest BCUT2D eigenvalue weighted by Gasteiger charge is 2.27. The van der Waals surface area contributed by atoms with E-state index in [-0.39, 0.29) is 11.9 Å². The molecule has 1 fully saturated rings. The topological polar surface area (TPSA) is 58.4 Å². The Balaban J connectivity index is 2.46. The van der Waals surface area contributed by atoms with E-state index in [2.05, 4.69) is 16.1 Å². The van der Waals surface area contributed by atoms with E-state index in [4.69, 9.17) is 12.2 Å². The van der Waals surface area contributed by atoms with Gasteiger partial charge in [-0.3, -0.25) is 9.69 Å².